The van der Waals surface area contributed by atoms with Crippen LogP contribution in [0.1, 0.15) is 23.7 Å². The second-order valence-corrected chi connectivity index (χ2v) is 3.96. The highest BCUT2D eigenvalue weighted by molar-refractivity contribution is 9.10. The van der Waals surface area contributed by atoms with Gasteiger partial charge in [-0.3, -0.25) is 0 Å². The molecule has 0 spiro atoms. The van der Waals surface area contributed by atoms with Crippen molar-refractivity contribution in [3.63, 3.8) is 0 Å². The molecule has 0 fully saturated rings. The first kappa shape index (κ1) is 10.5. The molecule has 0 bridgehead atoms. The molecule has 1 nitrogen and oxygen atoms in total. The molecule has 1 rings (SSSR count). The smallest absolute Gasteiger partial charge is 0.0826 e. The van der Waals surface area contributed by atoms with E-state index in [0.717, 1.165) is 15.6 Å². The fourth-order valence-corrected chi connectivity index (χ4v) is 1.77. The Hall–Kier alpha value is -0.600. The van der Waals surface area contributed by atoms with Crippen LogP contribution in [0.5, 0.6) is 0 Å². The number of benzene rings is 1. The van der Waals surface area contributed by atoms with Gasteiger partial charge < -0.3 is 5.11 Å². The lowest BCUT2D eigenvalue weighted by atomic mass is 10.0. The molecule has 0 saturated carbocycles. The fraction of sp³-hybridized carbons (Fsp3) is 0.273. The van der Waals surface area contributed by atoms with Crippen LogP contribution in [0, 0.1) is 6.92 Å². The van der Waals surface area contributed by atoms with Crippen molar-refractivity contribution in [3.8, 4) is 0 Å². The molecule has 70 valence electrons. The third kappa shape index (κ3) is 2.68. The van der Waals surface area contributed by atoms with E-state index in [4.69, 9.17) is 0 Å². The standard InChI is InChI=1S/C11H13BrO/c1-3-4-11(13)10-6-5-9(12)7-8(10)2/h3,5-7,11,13H,1,4H2,2H3. The number of halogens is 1. The Labute approximate surface area is 87.2 Å². The Morgan fingerprint density at radius 1 is 1.62 bits per heavy atom. The quantitative estimate of drug-likeness (QED) is 0.804. The summed E-state index contributed by atoms with van der Waals surface area (Å²) in [5, 5.41) is 9.71. The van der Waals surface area contributed by atoms with Gasteiger partial charge in [0, 0.05) is 4.47 Å². The summed E-state index contributed by atoms with van der Waals surface area (Å²) in [6.45, 7) is 5.60. The molecular weight excluding hydrogens is 228 g/mol. The number of aryl methyl sites for hydroxylation is 1. The van der Waals surface area contributed by atoms with Crippen LogP contribution < -0.4 is 0 Å². The van der Waals surface area contributed by atoms with Gasteiger partial charge in [-0.2, -0.15) is 0 Å². The van der Waals surface area contributed by atoms with Gasteiger partial charge in [0.2, 0.25) is 0 Å². The van der Waals surface area contributed by atoms with Crippen LogP contribution in [0.4, 0.5) is 0 Å². The van der Waals surface area contributed by atoms with Crippen molar-refractivity contribution < 1.29 is 5.11 Å². The summed E-state index contributed by atoms with van der Waals surface area (Å²) in [5.74, 6) is 0. The van der Waals surface area contributed by atoms with E-state index in [1.807, 2.05) is 25.1 Å². The van der Waals surface area contributed by atoms with Crippen molar-refractivity contribution in [3.05, 3.63) is 46.5 Å². The minimum absolute atomic E-state index is 0.425. The average molecular weight is 241 g/mol. The molecule has 1 aromatic carbocycles. The van der Waals surface area contributed by atoms with E-state index >= 15 is 0 Å². The first-order chi connectivity index (χ1) is 6.15. The zero-order chi connectivity index (χ0) is 9.84. The van der Waals surface area contributed by atoms with Crippen molar-refractivity contribution in [1.82, 2.24) is 0 Å². The van der Waals surface area contributed by atoms with Gasteiger partial charge in [0.05, 0.1) is 6.10 Å². The summed E-state index contributed by atoms with van der Waals surface area (Å²) in [6.07, 6.45) is 1.90. The van der Waals surface area contributed by atoms with Crippen LogP contribution >= 0.6 is 15.9 Å². The molecule has 0 amide bonds. The van der Waals surface area contributed by atoms with Crippen LogP contribution in [-0.2, 0) is 0 Å². The average Bonchev–Trinajstić information content (AvgIpc) is 2.04. The lowest BCUT2D eigenvalue weighted by Crippen LogP contribution is -1.98. The molecule has 0 aliphatic carbocycles. The van der Waals surface area contributed by atoms with Gasteiger partial charge in [0.15, 0.2) is 0 Å². The molecule has 1 N–H and O–H groups in total. The zero-order valence-electron chi connectivity index (χ0n) is 7.63. The lowest BCUT2D eigenvalue weighted by molar-refractivity contribution is 0.181. The summed E-state index contributed by atoms with van der Waals surface area (Å²) in [4.78, 5) is 0. The van der Waals surface area contributed by atoms with E-state index in [0.29, 0.717) is 6.42 Å². The first-order valence-corrected chi connectivity index (χ1v) is 4.99. The molecule has 0 aromatic heterocycles. The monoisotopic (exact) mass is 240 g/mol. The van der Waals surface area contributed by atoms with E-state index in [9.17, 15) is 5.11 Å². The van der Waals surface area contributed by atoms with Crippen molar-refractivity contribution in [2.24, 2.45) is 0 Å². The van der Waals surface area contributed by atoms with Crippen molar-refractivity contribution in [2.75, 3.05) is 0 Å². The number of hydrogen-bond donors (Lipinski definition) is 1. The van der Waals surface area contributed by atoms with E-state index in [1.54, 1.807) is 6.08 Å². The molecule has 0 radical (unpaired) electrons. The van der Waals surface area contributed by atoms with Crippen LogP contribution in [0.2, 0.25) is 0 Å². The first-order valence-electron chi connectivity index (χ1n) is 4.20. The highest BCUT2D eigenvalue weighted by atomic mass is 79.9. The summed E-state index contributed by atoms with van der Waals surface area (Å²) in [7, 11) is 0. The number of hydrogen-bond acceptors (Lipinski definition) is 1. The molecular formula is C11H13BrO. The normalized spacial score (nSPS) is 12.5. The Bertz CT molecular complexity index is 307. The van der Waals surface area contributed by atoms with Crippen molar-refractivity contribution in [2.45, 2.75) is 19.4 Å². The largest absolute Gasteiger partial charge is 0.388 e. The van der Waals surface area contributed by atoms with Gasteiger partial charge in [-0.25, -0.2) is 0 Å². The van der Waals surface area contributed by atoms with Crippen LogP contribution in [-0.4, -0.2) is 5.11 Å². The molecule has 2 heteroatoms. The van der Waals surface area contributed by atoms with Gasteiger partial charge in [0.1, 0.15) is 0 Å². The Kier molecular flexibility index (Phi) is 3.70. The molecule has 0 heterocycles. The second kappa shape index (κ2) is 4.58. The Balaban J connectivity index is 2.94. The minimum Gasteiger partial charge on any atom is -0.388 e. The number of rotatable bonds is 3. The lowest BCUT2D eigenvalue weighted by Gasteiger charge is -2.11. The maximum atomic E-state index is 9.71. The van der Waals surface area contributed by atoms with Gasteiger partial charge in [0.25, 0.3) is 0 Å². The molecule has 0 aliphatic rings. The summed E-state index contributed by atoms with van der Waals surface area (Å²) in [6, 6.07) is 5.88. The molecule has 1 aromatic rings. The maximum Gasteiger partial charge on any atom is 0.0826 e. The second-order valence-electron chi connectivity index (χ2n) is 3.04. The third-order valence-electron chi connectivity index (χ3n) is 1.98. The van der Waals surface area contributed by atoms with Gasteiger partial charge >= 0.3 is 0 Å². The maximum absolute atomic E-state index is 9.71. The highest BCUT2D eigenvalue weighted by Crippen LogP contribution is 2.23. The number of aliphatic hydroxyl groups is 1. The predicted molar refractivity (Wildman–Crippen MR) is 58.7 cm³/mol. The predicted octanol–water partition coefficient (Wildman–Crippen LogP) is 3.37. The molecule has 0 saturated heterocycles. The summed E-state index contributed by atoms with van der Waals surface area (Å²) in [5.41, 5.74) is 2.08. The zero-order valence-corrected chi connectivity index (χ0v) is 9.21. The van der Waals surface area contributed by atoms with Crippen molar-refractivity contribution in [1.29, 1.82) is 0 Å². The molecule has 1 atom stereocenters. The Morgan fingerprint density at radius 2 is 2.31 bits per heavy atom. The van der Waals surface area contributed by atoms with E-state index in [2.05, 4.69) is 22.5 Å². The van der Waals surface area contributed by atoms with Gasteiger partial charge in [-0.1, -0.05) is 28.1 Å². The molecule has 0 aliphatic heterocycles. The molecule has 1 unspecified atom stereocenters. The third-order valence-corrected chi connectivity index (χ3v) is 2.47. The minimum atomic E-state index is -0.425. The van der Waals surface area contributed by atoms with Crippen LogP contribution in [0.25, 0.3) is 0 Å². The topological polar surface area (TPSA) is 20.2 Å². The van der Waals surface area contributed by atoms with E-state index < -0.39 is 6.10 Å². The van der Waals surface area contributed by atoms with Crippen LogP contribution in [0.15, 0.2) is 35.3 Å². The van der Waals surface area contributed by atoms with Gasteiger partial charge in [-0.15, -0.1) is 6.58 Å². The fourth-order valence-electron chi connectivity index (χ4n) is 1.30. The SMILES string of the molecule is C=CCC(O)c1ccc(Br)cc1C. The van der Waals surface area contributed by atoms with E-state index in [1.165, 1.54) is 0 Å². The van der Waals surface area contributed by atoms with Crippen LogP contribution in [0.3, 0.4) is 0 Å². The summed E-state index contributed by atoms with van der Waals surface area (Å²) >= 11 is 3.38. The van der Waals surface area contributed by atoms with E-state index in [-0.39, 0.29) is 0 Å². The van der Waals surface area contributed by atoms with Gasteiger partial charge in [-0.05, 0) is 36.6 Å². The highest BCUT2D eigenvalue weighted by Gasteiger charge is 2.07. The summed E-state index contributed by atoms with van der Waals surface area (Å²) < 4.78 is 1.04. The number of aliphatic hydroxyl groups excluding tert-OH is 1. The Morgan fingerprint density at radius 3 is 2.85 bits per heavy atom. The molecule has 13 heavy (non-hydrogen) atoms. The van der Waals surface area contributed by atoms with Crippen molar-refractivity contribution >= 4 is 15.9 Å².